The molecule has 0 aliphatic carbocycles. The molecule has 0 saturated carbocycles. The van der Waals surface area contributed by atoms with Gasteiger partial charge in [0, 0.05) is 16.0 Å². The minimum Gasteiger partial charge on any atom is -0.493 e. The molecule has 0 saturated heterocycles. The van der Waals surface area contributed by atoms with Gasteiger partial charge >= 0.3 is 0 Å². The molecule has 36 heavy (non-hydrogen) atoms. The summed E-state index contributed by atoms with van der Waals surface area (Å²) in [5.41, 5.74) is 9.79. The summed E-state index contributed by atoms with van der Waals surface area (Å²) in [6, 6.07) is 14.8. The molecule has 3 aromatic rings. The molecule has 3 rings (SSSR count). The molecule has 0 fully saturated rings. The Balaban J connectivity index is 1.88. The van der Waals surface area contributed by atoms with Gasteiger partial charge < -0.3 is 4.74 Å². The van der Waals surface area contributed by atoms with Gasteiger partial charge in [-0.1, -0.05) is 66.9 Å². The number of benzene rings is 3. The molecule has 0 bridgehead atoms. The molecular formula is C33H38ClFO. The largest absolute Gasteiger partial charge is 0.493 e. The van der Waals surface area contributed by atoms with Crippen molar-refractivity contribution in [2.24, 2.45) is 0 Å². The number of fused-ring (bicyclic) bond motifs is 1. The molecule has 0 atom stereocenters. The van der Waals surface area contributed by atoms with Crippen molar-refractivity contribution in [3.8, 4) is 5.75 Å². The molecular weight excluding hydrogens is 467 g/mol. The molecule has 1 nitrogen and oxygen atoms in total. The number of ether oxygens (including phenoxy) is 1. The van der Waals surface area contributed by atoms with E-state index in [-0.39, 0.29) is 5.82 Å². The van der Waals surface area contributed by atoms with E-state index in [4.69, 9.17) is 16.3 Å². The van der Waals surface area contributed by atoms with Crippen molar-refractivity contribution in [1.29, 1.82) is 0 Å². The molecule has 0 N–H and O–H groups in total. The standard InChI is InChI=1S/C33H38ClFO/c1-8-22(5)27(13-11-19-36-31-14-10-12-25-20-26(35)15-16-29(25)31)28-17-18-30(34)33(24(28)7)32(21(3)4)23(6)9-2/h10,12,14-18,20H,3,8-9,11,13,19H2,1-2,4-7H3/b27-22-,32-23+. The van der Waals surface area contributed by atoms with Gasteiger partial charge in [-0.2, -0.15) is 0 Å². The average Bonchev–Trinajstić information content (AvgIpc) is 2.85. The summed E-state index contributed by atoms with van der Waals surface area (Å²) in [7, 11) is 0. The highest BCUT2D eigenvalue weighted by atomic mass is 35.5. The Kier molecular flexibility index (Phi) is 9.56. The average molecular weight is 505 g/mol. The fourth-order valence-electron chi connectivity index (χ4n) is 4.85. The fourth-order valence-corrected chi connectivity index (χ4v) is 5.15. The molecule has 3 heteroatoms. The maximum atomic E-state index is 13.6. The maximum Gasteiger partial charge on any atom is 0.127 e. The first-order chi connectivity index (χ1) is 17.2. The first kappa shape index (κ1) is 27.7. The first-order valence-electron chi connectivity index (χ1n) is 12.8. The predicted octanol–water partition coefficient (Wildman–Crippen LogP) is 10.7. The van der Waals surface area contributed by atoms with E-state index in [0.717, 1.165) is 58.4 Å². The molecule has 0 amide bonds. The van der Waals surface area contributed by atoms with Gasteiger partial charge in [-0.3, -0.25) is 0 Å². The molecule has 0 unspecified atom stereocenters. The van der Waals surface area contributed by atoms with Crippen molar-refractivity contribution < 1.29 is 9.13 Å². The SMILES string of the molecule is C=C(C)/C(=C(/C)CC)c1c(Cl)ccc(/C(CCCOc2cccc3cc(F)ccc23)=C(/C)CC)c1C. The summed E-state index contributed by atoms with van der Waals surface area (Å²) in [6.07, 6.45) is 3.72. The van der Waals surface area contributed by atoms with Gasteiger partial charge in [0.2, 0.25) is 0 Å². The minimum absolute atomic E-state index is 0.235. The lowest BCUT2D eigenvalue weighted by atomic mass is 9.85. The van der Waals surface area contributed by atoms with E-state index in [1.165, 1.54) is 39.5 Å². The van der Waals surface area contributed by atoms with E-state index in [1.54, 1.807) is 12.1 Å². The van der Waals surface area contributed by atoms with Crippen LogP contribution in [0.15, 0.2) is 71.8 Å². The highest BCUT2D eigenvalue weighted by Gasteiger charge is 2.18. The number of allylic oxidation sites excluding steroid dienone is 5. The minimum atomic E-state index is -0.235. The van der Waals surface area contributed by atoms with Gasteiger partial charge in [0.25, 0.3) is 0 Å². The summed E-state index contributed by atoms with van der Waals surface area (Å²) < 4.78 is 19.8. The monoisotopic (exact) mass is 504 g/mol. The summed E-state index contributed by atoms with van der Waals surface area (Å²) in [5, 5.41) is 2.55. The van der Waals surface area contributed by atoms with Gasteiger partial charge in [-0.05, 0) is 111 Å². The second kappa shape index (κ2) is 12.4. The molecule has 190 valence electrons. The van der Waals surface area contributed by atoms with E-state index >= 15 is 0 Å². The molecule has 0 spiro atoms. The number of hydrogen-bond acceptors (Lipinski definition) is 1. The highest BCUT2D eigenvalue weighted by molar-refractivity contribution is 6.33. The zero-order chi connectivity index (χ0) is 26.4. The first-order valence-corrected chi connectivity index (χ1v) is 13.2. The summed E-state index contributed by atoms with van der Waals surface area (Å²) in [4.78, 5) is 0. The zero-order valence-corrected chi connectivity index (χ0v) is 23.3. The van der Waals surface area contributed by atoms with Gasteiger partial charge in [0.1, 0.15) is 11.6 Å². The van der Waals surface area contributed by atoms with Crippen LogP contribution in [0.25, 0.3) is 21.9 Å². The van der Waals surface area contributed by atoms with Crippen molar-refractivity contribution >= 4 is 33.5 Å². The van der Waals surface area contributed by atoms with Crippen LogP contribution in [0.4, 0.5) is 4.39 Å². The molecule has 0 aromatic heterocycles. The van der Waals surface area contributed by atoms with Gasteiger partial charge in [-0.15, -0.1) is 0 Å². The van der Waals surface area contributed by atoms with Gasteiger partial charge in [0.15, 0.2) is 0 Å². The lowest BCUT2D eigenvalue weighted by Gasteiger charge is -2.21. The highest BCUT2D eigenvalue weighted by Crippen LogP contribution is 2.39. The van der Waals surface area contributed by atoms with Crippen LogP contribution < -0.4 is 4.74 Å². The van der Waals surface area contributed by atoms with E-state index in [0.29, 0.717) is 6.61 Å². The van der Waals surface area contributed by atoms with Crippen molar-refractivity contribution in [1.82, 2.24) is 0 Å². The molecule has 0 heterocycles. The van der Waals surface area contributed by atoms with Crippen molar-refractivity contribution in [3.63, 3.8) is 0 Å². The third kappa shape index (κ3) is 6.10. The van der Waals surface area contributed by atoms with Crippen LogP contribution in [0.3, 0.4) is 0 Å². The van der Waals surface area contributed by atoms with Gasteiger partial charge in [-0.25, -0.2) is 4.39 Å². The van der Waals surface area contributed by atoms with Crippen molar-refractivity contribution in [3.05, 3.63) is 99.4 Å². The van der Waals surface area contributed by atoms with E-state index < -0.39 is 0 Å². The zero-order valence-electron chi connectivity index (χ0n) is 22.5. The molecule has 0 aliphatic rings. The van der Waals surface area contributed by atoms with Crippen LogP contribution in [0, 0.1) is 12.7 Å². The number of hydrogen-bond donors (Lipinski definition) is 0. The van der Waals surface area contributed by atoms with E-state index in [1.807, 2.05) is 24.3 Å². The van der Waals surface area contributed by atoms with Crippen LogP contribution >= 0.6 is 11.6 Å². The van der Waals surface area contributed by atoms with Crippen LogP contribution in [0.5, 0.6) is 5.75 Å². The molecule has 3 aromatic carbocycles. The Labute approximate surface area is 221 Å². The fraction of sp³-hybridized carbons (Fsp3) is 0.333. The Morgan fingerprint density at radius 3 is 2.36 bits per heavy atom. The maximum absolute atomic E-state index is 13.6. The van der Waals surface area contributed by atoms with Crippen LogP contribution in [-0.2, 0) is 0 Å². The van der Waals surface area contributed by atoms with Gasteiger partial charge in [0.05, 0.1) is 6.61 Å². The predicted molar refractivity (Wildman–Crippen MR) is 155 cm³/mol. The molecule has 0 radical (unpaired) electrons. The second-order valence-corrected chi connectivity index (χ2v) is 9.98. The summed E-state index contributed by atoms with van der Waals surface area (Å²) >= 11 is 6.78. The third-order valence-electron chi connectivity index (χ3n) is 7.05. The summed E-state index contributed by atoms with van der Waals surface area (Å²) in [5.74, 6) is 0.558. The summed E-state index contributed by atoms with van der Waals surface area (Å²) in [6.45, 7) is 17.8. The van der Waals surface area contributed by atoms with Crippen LogP contribution in [-0.4, -0.2) is 6.61 Å². The number of rotatable bonds is 10. The van der Waals surface area contributed by atoms with Crippen molar-refractivity contribution in [2.75, 3.05) is 6.61 Å². The number of halogens is 2. The Morgan fingerprint density at radius 2 is 1.69 bits per heavy atom. The van der Waals surface area contributed by atoms with Crippen LogP contribution in [0.2, 0.25) is 5.02 Å². The quantitative estimate of drug-likeness (QED) is 0.197. The Bertz CT molecular complexity index is 1330. The van der Waals surface area contributed by atoms with Crippen molar-refractivity contribution in [2.45, 2.75) is 67.2 Å². The lowest BCUT2D eigenvalue weighted by molar-refractivity contribution is 0.316. The van der Waals surface area contributed by atoms with Crippen LogP contribution in [0.1, 0.15) is 77.0 Å². The normalized spacial score (nSPS) is 12.9. The van der Waals surface area contributed by atoms with E-state index in [2.05, 4.69) is 54.2 Å². The smallest absolute Gasteiger partial charge is 0.127 e. The Morgan fingerprint density at radius 1 is 0.972 bits per heavy atom. The van der Waals surface area contributed by atoms with E-state index in [9.17, 15) is 4.39 Å². The molecule has 0 aliphatic heterocycles. The second-order valence-electron chi connectivity index (χ2n) is 9.57. The topological polar surface area (TPSA) is 9.23 Å². The Hall–Kier alpha value is -2.84. The third-order valence-corrected chi connectivity index (χ3v) is 7.36. The lowest BCUT2D eigenvalue weighted by Crippen LogP contribution is -2.03.